The molecule has 13 nitrogen and oxygen atoms in total. The van der Waals surface area contributed by atoms with E-state index in [9.17, 15) is 19.2 Å². The Morgan fingerprint density at radius 3 is 2.39 bits per heavy atom. The third-order valence-electron chi connectivity index (χ3n) is 12.4. The first-order valence-electron chi connectivity index (χ1n) is 18.7. The number of anilines is 3. The van der Waals surface area contributed by atoms with Crippen LogP contribution >= 0.6 is 11.6 Å². The summed E-state index contributed by atoms with van der Waals surface area (Å²) in [4.78, 5) is 69.0. The Kier molecular flexibility index (Phi) is 8.50. The van der Waals surface area contributed by atoms with E-state index in [2.05, 4.69) is 42.8 Å². The number of nitrogens with one attached hydrogen (secondary N) is 1. The molecule has 1 aromatic heterocycles. The molecule has 278 valence electrons. The minimum atomic E-state index is -0.969. The number of carbonyl (C=O) groups excluding carboxylic acids is 4. The molecular formula is C40H41ClN8O5. The second kappa shape index (κ2) is 13.3. The molecule has 0 radical (unpaired) electrons. The lowest BCUT2D eigenvalue weighted by Gasteiger charge is -2.52. The first kappa shape index (κ1) is 34.6. The number of ether oxygens (including phenoxy) is 1. The maximum absolute atomic E-state index is 13.2. The molecule has 0 bridgehead atoms. The third kappa shape index (κ3) is 6.01. The number of carbonyl (C=O) groups is 4. The Bertz CT molecular complexity index is 2080. The summed E-state index contributed by atoms with van der Waals surface area (Å²) in [5.41, 5.74) is 3.31. The second-order valence-corrected chi connectivity index (χ2v) is 16.1. The molecule has 2 atom stereocenters. The van der Waals surface area contributed by atoms with Gasteiger partial charge in [0.2, 0.25) is 17.5 Å². The van der Waals surface area contributed by atoms with Crippen LogP contribution in [0.1, 0.15) is 59.7 Å². The van der Waals surface area contributed by atoms with E-state index < -0.39 is 29.7 Å². The summed E-state index contributed by atoms with van der Waals surface area (Å²) in [6, 6.07) is 15.0. The Balaban J connectivity index is 0.729. The van der Waals surface area contributed by atoms with E-state index in [1.165, 1.54) is 0 Å². The molecule has 6 aliphatic heterocycles. The van der Waals surface area contributed by atoms with Crippen molar-refractivity contribution in [3.05, 3.63) is 82.3 Å². The van der Waals surface area contributed by atoms with Gasteiger partial charge in [-0.15, -0.1) is 0 Å². The number of fused-ring (bicyclic) bond motifs is 1. The van der Waals surface area contributed by atoms with Gasteiger partial charge < -0.3 is 19.4 Å². The van der Waals surface area contributed by atoms with E-state index in [1.807, 2.05) is 36.5 Å². The molecule has 4 amide bonds. The molecule has 14 heteroatoms. The largest absolute Gasteiger partial charge is 0.486 e. The Morgan fingerprint density at radius 2 is 1.69 bits per heavy atom. The first-order valence-corrected chi connectivity index (χ1v) is 19.1. The third-order valence-corrected chi connectivity index (χ3v) is 12.7. The molecule has 2 aromatic carbocycles. The van der Waals surface area contributed by atoms with Crippen molar-refractivity contribution in [1.82, 2.24) is 20.1 Å². The van der Waals surface area contributed by atoms with Crippen molar-refractivity contribution in [3.8, 4) is 5.75 Å². The predicted molar refractivity (Wildman–Crippen MR) is 202 cm³/mol. The Hall–Kier alpha value is -5.19. The van der Waals surface area contributed by atoms with Crippen LogP contribution in [0.2, 0.25) is 5.02 Å². The van der Waals surface area contributed by atoms with Gasteiger partial charge in [-0.25, -0.2) is 9.83 Å². The van der Waals surface area contributed by atoms with Gasteiger partial charge in [0.25, 0.3) is 11.8 Å². The van der Waals surface area contributed by atoms with Gasteiger partial charge in [0.15, 0.2) is 0 Å². The fourth-order valence-corrected chi connectivity index (χ4v) is 9.44. The van der Waals surface area contributed by atoms with Crippen molar-refractivity contribution < 1.29 is 23.9 Å². The minimum absolute atomic E-state index is 0.0938. The molecule has 54 heavy (non-hydrogen) atoms. The molecule has 3 aromatic rings. The zero-order valence-corrected chi connectivity index (χ0v) is 30.8. The number of benzene rings is 2. The van der Waals surface area contributed by atoms with E-state index in [4.69, 9.17) is 27.9 Å². The molecule has 0 aliphatic carbocycles. The summed E-state index contributed by atoms with van der Waals surface area (Å²) < 4.78 is 6.27. The standard InChI is InChI=1S/C40H41ClN8O5/c1-24-17-40(23-48(24)26-4-7-33(42-2)32(41)16-26)11-13-45(14-12-40)35-9-5-28(18-43-35)54-29-21-47(22-29)27-19-46(20-27)25-3-6-30-31(15-25)39(53)49(38(30)52)34-8-10-36(50)44-37(34)51/h3-7,9,15-16,18,24,27,29,34H,8,10-14,17,19-23H2,1H3,(H,44,50,51)/t24-,34?/m0/s1. The van der Waals surface area contributed by atoms with Gasteiger partial charge in [0.1, 0.15) is 23.7 Å². The number of nitrogens with zero attached hydrogens (tertiary/aromatic N) is 7. The van der Waals surface area contributed by atoms with Crippen LogP contribution in [0, 0.1) is 12.0 Å². The maximum Gasteiger partial charge on any atom is 0.262 e. The molecule has 0 saturated carbocycles. The number of rotatable bonds is 7. The van der Waals surface area contributed by atoms with Crippen LogP contribution in [0.25, 0.3) is 4.85 Å². The summed E-state index contributed by atoms with van der Waals surface area (Å²) in [7, 11) is 0. The fourth-order valence-electron chi connectivity index (χ4n) is 9.22. The smallest absolute Gasteiger partial charge is 0.262 e. The van der Waals surface area contributed by atoms with Crippen molar-refractivity contribution in [2.45, 2.75) is 63.3 Å². The van der Waals surface area contributed by atoms with Gasteiger partial charge in [-0.2, -0.15) is 0 Å². The number of imide groups is 2. The van der Waals surface area contributed by atoms with E-state index in [-0.39, 0.29) is 24.4 Å². The van der Waals surface area contributed by atoms with E-state index in [1.54, 1.807) is 12.1 Å². The van der Waals surface area contributed by atoms with Crippen LogP contribution in [0.15, 0.2) is 54.7 Å². The molecule has 5 fully saturated rings. The number of amides is 4. The molecule has 5 saturated heterocycles. The van der Waals surface area contributed by atoms with E-state index in [0.29, 0.717) is 33.9 Å². The zero-order chi connectivity index (χ0) is 37.3. The quantitative estimate of drug-likeness (QED) is 0.273. The average Bonchev–Trinajstić information content (AvgIpc) is 3.58. The molecule has 7 heterocycles. The summed E-state index contributed by atoms with van der Waals surface area (Å²) >= 11 is 6.37. The van der Waals surface area contributed by atoms with E-state index >= 15 is 0 Å². The molecular weight excluding hydrogens is 708 g/mol. The monoisotopic (exact) mass is 748 g/mol. The minimum Gasteiger partial charge on any atom is -0.486 e. The highest BCUT2D eigenvalue weighted by Crippen LogP contribution is 2.46. The number of halogens is 1. The normalized spacial score (nSPS) is 24.4. The van der Waals surface area contributed by atoms with Crippen LogP contribution in [0.4, 0.5) is 22.9 Å². The summed E-state index contributed by atoms with van der Waals surface area (Å²) in [5, 5.41) is 2.75. The summed E-state index contributed by atoms with van der Waals surface area (Å²) in [5.74, 6) is -0.222. The lowest BCUT2D eigenvalue weighted by atomic mass is 9.77. The van der Waals surface area contributed by atoms with Crippen LogP contribution in [-0.2, 0) is 9.59 Å². The fraction of sp³-hybridized carbons (Fsp3) is 0.450. The van der Waals surface area contributed by atoms with Crippen molar-refractivity contribution >= 4 is 58.1 Å². The maximum atomic E-state index is 13.2. The van der Waals surface area contributed by atoms with Crippen molar-refractivity contribution in [3.63, 3.8) is 0 Å². The van der Waals surface area contributed by atoms with Gasteiger partial charge in [0.05, 0.1) is 23.9 Å². The lowest BCUT2D eigenvalue weighted by Crippen LogP contribution is -2.67. The van der Waals surface area contributed by atoms with Gasteiger partial charge in [-0.05, 0) is 80.5 Å². The van der Waals surface area contributed by atoms with Gasteiger partial charge >= 0.3 is 0 Å². The van der Waals surface area contributed by atoms with Gasteiger partial charge in [-0.3, -0.25) is 34.3 Å². The van der Waals surface area contributed by atoms with Crippen molar-refractivity contribution in [2.24, 2.45) is 5.41 Å². The van der Waals surface area contributed by atoms with E-state index in [0.717, 1.165) is 92.9 Å². The number of pyridine rings is 1. The highest BCUT2D eigenvalue weighted by atomic mass is 35.5. The average molecular weight is 749 g/mol. The molecule has 1 N–H and O–H groups in total. The number of likely N-dealkylation sites (tertiary alicyclic amines) is 1. The van der Waals surface area contributed by atoms with Crippen molar-refractivity contribution in [2.75, 3.05) is 60.5 Å². The number of piperidine rings is 2. The zero-order valence-electron chi connectivity index (χ0n) is 30.0. The molecule has 1 spiro atoms. The first-order chi connectivity index (χ1) is 26.1. The van der Waals surface area contributed by atoms with Crippen LogP contribution in [0.5, 0.6) is 5.75 Å². The highest BCUT2D eigenvalue weighted by molar-refractivity contribution is 6.33. The number of hydrogen-bond donors (Lipinski definition) is 1. The molecule has 6 aliphatic rings. The topological polar surface area (TPSA) is 123 Å². The predicted octanol–water partition coefficient (Wildman–Crippen LogP) is 4.52. The number of hydrogen-bond acceptors (Lipinski definition) is 10. The highest BCUT2D eigenvalue weighted by Gasteiger charge is 2.47. The van der Waals surface area contributed by atoms with Crippen molar-refractivity contribution in [1.29, 1.82) is 0 Å². The van der Waals surface area contributed by atoms with Gasteiger partial charge in [0, 0.05) is 80.7 Å². The van der Waals surface area contributed by atoms with Crippen LogP contribution in [-0.4, -0.2) is 108 Å². The van der Waals surface area contributed by atoms with Gasteiger partial charge in [-0.1, -0.05) is 17.7 Å². The Labute approximate surface area is 318 Å². The molecule has 1 unspecified atom stereocenters. The summed E-state index contributed by atoms with van der Waals surface area (Å²) in [6.45, 7) is 15.8. The van der Waals surface area contributed by atoms with Crippen LogP contribution < -0.4 is 24.8 Å². The summed E-state index contributed by atoms with van der Waals surface area (Å²) in [6.07, 6.45) is 5.52. The number of aromatic nitrogens is 1. The Morgan fingerprint density at radius 1 is 0.926 bits per heavy atom. The lowest BCUT2D eigenvalue weighted by molar-refractivity contribution is -0.136. The second-order valence-electron chi connectivity index (χ2n) is 15.7. The SMILES string of the molecule is [C-]#[N+]c1ccc(N2CC3(CCN(c4ccc(OC5CN(C6CN(c7ccc8c(c7)C(=O)N(C7CCC(=O)NC7=O)C8=O)C6)C5)cn4)CC3)C[C@@H]2C)cc1Cl. The van der Waals surface area contributed by atoms with Crippen LogP contribution in [0.3, 0.4) is 0 Å². The molecule has 9 rings (SSSR count).